The van der Waals surface area contributed by atoms with Crippen molar-refractivity contribution in [2.45, 2.75) is 25.2 Å². The zero-order valence-electron chi connectivity index (χ0n) is 21.0. The van der Waals surface area contributed by atoms with Crippen molar-refractivity contribution in [3.8, 4) is 23.0 Å². The fraction of sp³-hybridized carbons (Fsp3) is 0.519. The number of ether oxygens (including phenoxy) is 4. The van der Waals surface area contributed by atoms with Crippen molar-refractivity contribution >= 4 is 5.78 Å². The molecule has 0 bridgehead atoms. The zero-order chi connectivity index (χ0) is 24.2. The maximum atomic E-state index is 12.9. The van der Waals surface area contributed by atoms with Crippen molar-refractivity contribution in [3.05, 3.63) is 46.5 Å². The molecule has 2 aromatic carbocycles. The number of likely N-dealkylation sites (N-methyl/N-ethyl adjacent to an activating group) is 1. The molecular weight excluding hydrogens is 432 g/mol. The number of carbonyl (C=O) groups is 1. The Labute approximate surface area is 202 Å². The lowest BCUT2D eigenvalue weighted by molar-refractivity contribution is 0.0936. The van der Waals surface area contributed by atoms with Gasteiger partial charge in [0, 0.05) is 24.6 Å². The first kappa shape index (κ1) is 24.4. The van der Waals surface area contributed by atoms with Crippen LogP contribution in [0.15, 0.2) is 24.3 Å². The van der Waals surface area contributed by atoms with Crippen molar-refractivity contribution in [2.24, 2.45) is 0 Å². The molecule has 2 aromatic rings. The van der Waals surface area contributed by atoms with Crippen LogP contribution in [-0.2, 0) is 12.8 Å². The minimum absolute atomic E-state index is 0.150. The summed E-state index contributed by atoms with van der Waals surface area (Å²) in [5.41, 5.74) is 4.52. The van der Waals surface area contributed by atoms with E-state index in [1.54, 1.807) is 28.4 Å². The monoisotopic (exact) mass is 468 g/mol. The van der Waals surface area contributed by atoms with Gasteiger partial charge in [0.1, 0.15) is 0 Å². The summed E-state index contributed by atoms with van der Waals surface area (Å²) in [6.07, 6.45) is 2.94. The number of benzene rings is 2. The van der Waals surface area contributed by atoms with Crippen LogP contribution >= 0.6 is 0 Å². The zero-order valence-corrected chi connectivity index (χ0v) is 21.0. The summed E-state index contributed by atoms with van der Waals surface area (Å²) < 4.78 is 21.7. The van der Waals surface area contributed by atoms with E-state index in [4.69, 9.17) is 18.9 Å². The molecule has 7 nitrogen and oxygen atoms in total. The Morgan fingerprint density at radius 2 is 1.53 bits per heavy atom. The summed E-state index contributed by atoms with van der Waals surface area (Å²) >= 11 is 0. The van der Waals surface area contributed by atoms with E-state index in [1.165, 1.54) is 11.1 Å². The lowest BCUT2D eigenvalue weighted by Crippen LogP contribution is -2.35. The fourth-order valence-electron chi connectivity index (χ4n) is 5.16. The summed E-state index contributed by atoms with van der Waals surface area (Å²) in [6.45, 7) is 4.24. The molecule has 1 aliphatic carbocycles. The van der Waals surface area contributed by atoms with Crippen LogP contribution in [0.1, 0.15) is 39.4 Å². The molecule has 0 amide bonds. The molecule has 1 atom stereocenters. The van der Waals surface area contributed by atoms with Crippen LogP contribution in [0.2, 0.25) is 0 Å². The predicted molar refractivity (Wildman–Crippen MR) is 132 cm³/mol. The van der Waals surface area contributed by atoms with E-state index >= 15 is 0 Å². The normalized spacial score (nSPS) is 17.5. The van der Waals surface area contributed by atoms with E-state index in [9.17, 15) is 4.79 Å². The maximum Gasteiger partial charge on any atom is 0.177 e. The van der Waals surface area contributed by atoms with Gasteiger partial charge in [-0.3, -0.25) is 9.69 Å². The summed E-state index contributed by atoms with van der Waals surface area (Å²) in [5.74, 6) is 3.57. The first-order valence-electron chi connectivity index (χ1n) is 11.9. The summed E-state index contributed by atoms with van der Waals surface area (Å²) in [5, 5.41) is 0. The van der Waals surface area contributed by atoms with E-state index in [2.05, 4.69) is 29.0 Å². The molecule has 1 heterocycles. The minimum atomic E-state index is 0.150. The first-order valence-corrected chi connectivity index (χ1v) is 11.9. The molecule has 0 spiro atoms. The molecule has 184 valence electrons. The van der Waals surface area contributed by atoms with Gasteiger partial charge in [0.15, 0.2) is 28.8 Å². The molecule has 0 saturated heterocycles. The number of methoxy groups -OCH3 is 4. The molecule has 34 heavy (non-hydrogen) atoms. The number of rotatable bonds is 10. The Morgan fingerprint density at radius 1 is 0.912 bits per heavy atom. The standard InChI is InChI=1S/C27H36N2O5/c1-28(16-20-11-19-13-25(32-3)26(33-4)14-21(19)20)8-6-9-29-10-7-18-12-24(31-2)27(34-5)15-22(18)23(30)17-29/h12-15,20H,6-11,16-17H2,1-5H3. The van der Waals surface area contributed by atoms with Crippen molar-refractivity contribution in [1.29, 1.82) is 0 Å². The smallest absolute Gasteiger partial charge is 0.177 e. The molecule has 1 aliphatic heterocycles. The van der Waals surface area contributed by atoms with E-state index in [-0.39, 0.29) is 5.78 Å². The van der Waals surface area contributed by atoms with Gasteiger partial charge in [-0.1, -0.05) is 0 Å². The predicted octanol–water partition coefficient (Wildman–Crippen LogP) is 3.42. The third-order valence-corrected chi connectivity index (χ3v) is 7.07. The Hall–Kier alpha value is -2.77. The summed E-state index contributed by atoms with van der Waals surface area (Å²) in [4.78, 5) is 17.6. The van der Waals surface area contributed by atoms with E-state index in [0.717, 1.165) is 68.1 Å². The van der Waals surface area contributed by atoms with Crippen molar-refractivity contribution in [1.82, 2.24) is 9.80 Å². The average molecular weight is 469 g/mol. The van der Waals surface area contributed by atoms with Crippen molar-refractivity contribution < 1.29 is 23.7 Å². The lowest BCUT2D eigenvalue weighted by Gasteiger charge is -2.34. The van der Waals surface area contributed by atoms with Gasteiger partial charge in [-0.15, -0.1) is 0 Å². The van der Waals surface area contributed by atoms with Crippen LogP contribution in [0.25, 0.3) is 0 Å². The molecule has 2 aliphatic rings. The van der Waals surface area contributed by atoms with E-state index in [1.807, 2.05) is 12.1 Å². The molecule has 4 rings (SSSR count). The van der Waals surface area contributed by atoms with Crippen LogP contribution in [0.5, 0.6) is 23.0 Å². The molecule has 1 unspecified atom stereocenters. The average Bonchev–Trinajstić information content (AvgIpc) is 2.99. The topological polar surface area (TPSA) is 60.5 Å². The van der Waals surface area contributed by atoms with Crippen LogP contribution in [-0.4, -0.2) is 83.8 Å². The van der Waals surface area contributed by atoms with Gasteiger partial charge in [0.05, 0.1) is 35.0 Å². The SMILES string of the molecule is COc1cc2c(cc1OC)C(=O)CN(CCCN(C)CC1Cc3cc(OC)c(OC)cc31)CC2. The lowest BCUT2D eigenvalue weighted by atomic mass is 9.77. The van der Waals surface area contributed by atoms with Gasteiger partial charge in [0.25, 0.3) is 0 Å². The highest BCUT2D eigenvalue weighted by Crippen LogP contribution is 2.42. The van der Waals surface area contributed by atoms with E-state index in [0.29, 0.717) is 24.0 Å². The summed E-state index contributed by atoms with van der Waals surface area (Å²) in [6, 6.07) is 8.00. The molecule has 0 aromatic heterocycles. The Morgan fingerprint density at radius 3 is 2.21 bits per heavy atom. The molecule has 0 radical (unpaired) electrons. The number of Topliss-reactive ketones (excluding diaryl/α,β-unsaturated/α-hetero) is 1. The van der Waals surface area contributed by atoms with Gasteiger partial charge in [-0.2, -0.15) is 0 Å². The van der Waals surface area contributed by atoms with Gasteiger partial charge in [0.2, 0.25) is 0 Å². The minimum Gasteiger partial charge on any atom is -0.493 e. The largest absolute Gasteiger partial charge is 0.493 e. The number of carbonyl (C=O) groups excluding carboxylic acids is 1. The second-order valence-electron chi connectivity index (χ2n) is 9.24. The highest BCUT2D eigenvalue weighted by Gasteiger charge is 2.29. The number of hydrogen-bond donors (Lipinski definition) is 0. The highest BCUT2D eigenvalue weighted by atomic mass is 16.5. The molecular formula is C27H36N2O5. The highest BCUT2D eigenvalue weighted by molar-refractivity contribution is 6.00. The second-order valence-corrected chi connectivity index (χ2v) is 9.24. The number of ketones is 1. The first-order chi connectivity index (χ1) is 16.5. The van der Waals surface area contributed by atoms with Crippen LogP contribution in [0.4, 0.5) is 0 Å². The second kappa shape index (κ2) is 10.7. The third kappa shape index (κ3) is 5.00. The van der Waals surface area contributed by atoms with Gasteiger partial charge in [-0.05, 0) is 80.4 Å². The summed E-state index contributed by atoms with van der Waals surface area (Å²) in [7, 11) is 8.77. The number of nitrogens with zero attached hydrogens (tertiary/aromatic N) is 2. The van der Waals surface area contributed by atoms with Crippen molar-refractivity contribution in [3.63, 3.8) is 0 Å². The molecule has 0 N–H and O–H groups in total. The van der Waals surface area contributed by atoms with Crippen LogP contribution < -0.4 is 18.9 Å². The number of fused-ring (bicyclic) bond motifs is 2. The van der Waals surface area contributed by atoms with Gasteiger partial charge >= 0.3 is 0 Å². The molecule has 0 saturated carbocycles. The third-order valence-electron chi connectivity index (χ3n) is 7.07. The number of hydrogen-bond acceptors (Lipinski definition) is 7. The van der Waals surface area contributed by atoms with Crippen LogP contribution in [0.3, 0.4) is 0 Å². The van der Waals surface area contributed by atoms with Crippen molar-refractivity contribution in [2.75, 3.05) is 68.2 Å². The van der Waals surface area contributed by atoms with Crippen LogP contribution in [0, 0.1) is 0 Å². The fourth-order valence-corrected chi connectivity index (χ4v) is 5.16. The van der Waals surface area contributed by atoms with E-state index < -0.39 is 0 Å². The Balaban J connectivity index is 1.27. The molecule has 0 fully saturated rings. The molecule has 7 heteroatoms. The Bertz CT molecular complexity index is 1040. The maximum absolute atomic E-state index is 12.9. The van der Waals surface area contributed by atoms with Gasteiger partial charge < -0.3 is 23.8 Å². The Kier molecular flexibility index (Phi) is 7.63. The quantitative estimate of drug-likeness (QED) is 0.530. The van der Waals surface area contributed by atoms with Gasteiger partial charge in [-0.25, -0.2) is 0 Å².